The van der Waals surface area contributed by atoms with Gasteiger partial charge in [-0.3, -0.25) is 4.90 Å². The average Bonchev–Trinajstić information content (AvgIpc) is 2.74. The highest BCUT2D eigenvalue weighted by atomic mass is 35.5. The smallest absolute Gasteiger partial charge is 0.160 e. The van der Waals surface area contributed by atoms with Gasteiger partial charge in [0.25, 0.3) is 0 Å². The molecule has 5 nitrogen and oxygen atoms in total. The third-order valence-electron chi connectivity index (χ3n) is 5.12. The second-order valence-corrected chi connectivity index (χ2v) is 7.36. The largest absolute Gasteiger partial charge is 0.493 e. The summed E-state index contributed by atoms with van der Waals surface area (Å²) in [5.41, 5.74) is 1.27. The summed E-state index contributed by atoms with van der Waals surface area (Å²) in [7, 11) is 3.34. The number of hydrogen-bond acceptors (Lipinski definition) is 5. The van der Waals surface area contributed by atoms with Crippen molar-refractivity contribution in [2.45, 2.75) is 6.42 Å². The molecule has 0 spiro atoms. The zero-order chi connectivity index (χ0) is 19.8. The minimum atomic E-state index is 0.702. The van der Waals surface area contributed by atoms with Gasteiger partial charge in [0.15, 0.2) is 11.5 Å². The molecule has 0 aliphatic carbocycles. The molecule has 0 atom stereocenters. The SMILES string of the molecule is COc1ccc(CCN2CCN(CCOc3ccc(Cl)cc3)CC2)cc1OC. The lowest BCUT2D eigenvalue weighted by Gasteiger charge is -2.34. The lowest BCUT2D eigenvalue weighted by atomic mass is 10.1. The van der Waals surface area contributed by atoms with Crippen LogP contribution in [0.5, 0.6) is 17.2 Å². The van der Waals surface area contributed by atoms with E-state index in [0.717, 1.165) is 68.0 Å². The summed E-state index contributed by atoms with van der Waals surface area (Å²) in [6.07, 6.45) is 1.01. The molecule has 0 bridgehead atoms. The molecule has 0 unspecified atom stereocenters. The van der Waals surface area contributed by atoms with E-state index in [0.29, 0.717) is 6.61 Å². The van der Waals surface area contributed by atoms with Gasteiger partial charge in [0.1, 0.15) is 12.4 Å². The highest BCUT2D eigenvalue weighted by Crippen LogP contribution is 2.27. The van der Waals surface area contributed by atoms with E-state index in [1.54, 1.807) is 14.2 Å². The highest BCUT2D eigenvalue weighted by Gasteiger charge is 2.16. The quantitative estimate of drug-likeness (QED) is 0.638. The summed E-state index contributed by atoms with van der Waals surface area (Å²) in [4.78, 5) is 4.98. The third-order valence-corrected chi connectivity index (χ3v) is 5.37. The number of rotatable bonds is 9. The van der Waals surface area contributed by atoms with Crippen LogP contribution in [0.4, 0.5) is 0 Å². The normalized spacial score (nSPS) is 15.4. The molecule has 1 saturated heterocycles. The molecule has 2 aromatic rings. The maximum absolute atomic E-state index is 5.89. The van der Waals surface area contributed by atoms with Crippen molar-refractivity contribution in [2.75, 3.05) is 60.1 Å². The van der Waals surface area contributed by atoms with Crippen molar-refractivity contribution in [2.24, 2.45) is 0 Å². The molecule has 1 fully saturated rings. The number of methoxy groups -OCH3 is 2. The predicted molar refractivity (Wildman–Crippen MR) is 113 cm³/mol. The first-order chi connectivity index (χ1) is 13.7. The molecule has 6 heteroatoms. The third kappa shape index (κ3) is 6.03. The van der Waals surface area contributed by atoms with E-state index in [4.69, 9.17) is 25.8 Å². The van der Waals surface area contributed by atoms with Crippen LogP contribution < -0.4 is 14.2 Å². The van der Waals surface area contributed by atoms with Gasteiger partial charge in [-0.25, -0.2) is 0 Å². The minimum Gasteiger partial charge on any atom is -0.493 e. The van der Waals surface area contributed by atoms with Crippen LogP contribution in [0.1, 0.15) is 5.56 Å². The Bertz CT molecular complexity index is 731. The summed E-state index contributed by atoms with van der Waals surface area (Å²) < 4.78 is 16.5. The summed E-state index contributed by atoms with van der Waals surface area (Å²) in [5.74, 6) is 2.45. The minimum absolute atomic E-state index is 0.702. The zero-order valence-corrected chi connectivity index (χ0v) is 17.5. The molecule has 0 saturated carbocycles. The van der Waals surface area contributed by atoms with Crippen LogP contribution in [-0.2, 0) is 6.42 Å². The first kappa shape index (κ1) is 20.8. The van der Waals surface area contributed by atoms with Gasteiger partial charge >= 0.3 is 0 Å². The Balaban J connectivity index is 1.35. The molecule has 0 aromatic heterocycles. The number of ether oxygens (including phenoxy) is 3. The summed E-state index contributed by atoms with van der Waals surface area (Å²) >= 11 is 5.89. The Labute approximate surface area is 172 Å². The van der Waals surface area contributed by atoms with Crippen LogP contribution in [0.15, 0.2) is 42.5 Å². The summed E-state index contributed by atoms with van der Waals surface area (Å²) in [5, 5.41) is 0.733. The van der Waals surface area contributed by atoms with Gasteiger partial charge in [-0.2, -0.15) is 0 Å². The van der Waals surface area contributed by atoms with Crippen molar-refractivity contribution < 1.29 is 14.2 Å². The molecule has 3 rings (SSSR count). The fraction of sp³-hybridized carbons (Fsp3) is 0.455. The van der Waals surface area contributed by atoms with Crippen molar-refractivity contribution in [3.63, 3.8) is 0 Å². The van der Waals surface area contributed by atoms with Gasteiger partial charge in [0.05, 0.1) is 14.2 Å². The Morgan fingerprint density at radius 2 is 1.46 bits per heavy atom. The van der Waals surface area contributed by atoms with Gasteiger partial charge < -0.3 is 19.1 Å². The predicted octanol–water partition coefficient (Wildman–Crippen LogP) is 3.60. The van der Waals surface area contributed by atoms with Crippen LogP contribution in [0.2, 0.25) is 5.02 Å². The topological polar surface area (TPSA) is 34.2 Å². The molecule has 2 aromatic carbocycles. The number of benzene rings is 2. The van der Waals surface area contributed by atoms with E-state index in [-0.39, 0.29) is 0 Å². The van der Waals surface area contributed by atoms with Gasteiger partial charge in [-0.15, -0.1) is 0 Å². The van der Waals surface area contributed by atoms with Crippen LogP contribution in [0.25, 0.3) is 0 Å². The van der Waals surface area contributed by atoms with Crippen LogP contribution in [0, 0.1) is 0 Å². The van der Waals surface area contributed by atoms with Crippen molar-refractivity contribution in [3.05, 3.63) is 53.1 Å². The van der Waals surface area contributed by atoms with Crippen molar-refractivity contribution in [1.82, 2.24) is 9.80 Å². The first-order valence-corrected chi connectivity index (χ1v) is 10.1. The number of halogens is 1. The fourth-order valence-corrected chi connectivity index (χ4v) is 3.51. The van der Waals surface area contributed by atoms with Crippen LogP contribution in [0.3, 0.4) is 0 Å². The van der Waals surface area contributed by atoms with Gasteiger partial charge in [0.2, 0.25) is 0 Å². The van der Waals surface area contributed by atoms with Crippen molar-refractivity contribution in [1.29, 1.82) is 0 Å². The molecule has 0 N–H and O–H groups in total. The number of nitrogens with zero attached hydrogens (tertiary/aromatic N) is 2. The Morgan fingerprint density at radius 3 is 2.11 bits per heavy atom. The van der Waals surface area contributed by atoms with E-state index >= 15 is 0 Å². The summed E-state index contributed by atoms with van der Waals surface area (Å²) in [6, 6.07) is 13.7. The maximum Gasteiger partial charge on any atom is 0.160 e. The summed E-state index contributed by atoms with van der Waals surface area (Å²) in [6.45, 7) is 7.05. The van der Waals surface area contributed by atoms with Gasteiger partial charge in [-0.05, 0) is 48.4 Å². The number of piperazine rings is 1. The molecule has 28 heavy (non-hydrogen) atoms. The fourth-order valence-electron chi connectivity index (χ4n) is 3.38. The van der Waals surface area contributed by atoms with E-state index < -0.39 is 0 Å². The zero-order valence-electron chi connectivity index (χ0n) is 16.7. The maximum atomic E-state index is 5.89. The Morgan fingerprint density at radius 1 is 0.821 bits per heavy atom. The average molecular weight is 405 g/mol. The van der Waals surface area contributed by atoms with Crippen LogP contribution in [-0.4, -0.2) is 69.9 Å². The second-order valence-electron chi connectivity index (χ2n) is 6.92. The second kappa shape index (κ2) is 10.6. The monoisotopic (exact) mass is 404 g/mol. The molecule has 152 valence electrons. The van der Waals surface area contributed by atoms with Crippen molar-refractivity contribution >= 4 is 11.6 Å². The molecule has 0 amide bonds. The molecule has 1 aliphatic rings. The van der Waals surface area contributed by atoms with Gasteiger partial charge in [-0.1, -0.05) is 17.7 Å². The molecular weight excluding hydrogens is 376 g/mol. The first-order valence-electron chi connectivity index (χ1n) is 9.72. The van der Waals surface area contributed by atoms with E-state index in [1.807, 2.05) is 30.3 Å². The van der Waals surface area contributed by atoms with E-state index in [9.17, 15) is 0 Å². The molecule has 1 aliphatic heterocycles. The lowest BCUT2D eigenvalue weighted by molar-refractivity contribution is 0.118. The number of hydrogen-bond donors (Lipinski definition) is 0. The van der Waals surface area contributed by atoms with E-state index in [1.165, 1.54) is 5.56 Å². The molecular formula is C22H29ClN2O3. The molecule has 0 radical (unpaired) electrons. The Kier molecular flexibility index (Phi) is 7.83. The highest BCUT2D eigenvalue weighted by molar-refractivity contribution is 6.30. The molecule has 1 heterocycles. The standard InChI is InChI=1S/C22H29ClN2O3/c1-26-21-8-3-18(17-22(21)27-2)9-10-24-11-13-25(14-12-24)15-16-28-20-6-4-19(23)5-7-20/h3-8,17H,9-16H2,1-2H3. The Hall–Kier alpha value is -1.95. The van der Waals surface area contributed by atoms with Crippen molar-refractivity contribution in [3.8, 4) is 17.2 Å². The van der Waals surface area contributed by atoms with E-state index in [2.05, 4.69) is 21.9 Å². The lowest BCUT2D eigenvalue weighted by Crippen LogP contribution is -2.47. The van der Waals surface area contributed by atoms with Crippen LogP contribution >= 0.6 is 11.6 Å². The van der Waals surface area contributed by atoms with Gasteiger partial charge in [0, 0.05) is 44.3 Å².